The molecule has 0 saturated carbocycles. The summed E-state index contributed by atoms with van der Waals surface area (Å²) in [6.45, 7) is 6.83. The van der Waals surface area contributed by atoms with Crippen LogP contribution in [-0.2, 0) is 82.7 Å². The fourth-order valence-corrected chi connectivity index (χ4v) is 5.45. The average molecular weight is 728 g/mol. The van der Waals surface area contributed by atoms with Gasteiger partial charge in [0.1, 0.15) is 37.6 Å². The second kappa shape index (κ2) is 19.9. The highest BCUT2D eigenvalue weighted by atomic mass is 16.8. The summed E-state index contributed by atoms with van der Waals surface area (Å²) in [4.78, 5) is 72.4. The number of hydrogen-bond acceptors (Lipinski definition) is 17. The minimum atomic E-state index is -1.70. The molecule has 0 aromatic heterocycles. The van der Waals surface area contributed by atoms with E-state index in [9.17, 15) is 28.8 Å². The van der Waals surface area contributed by atoms with Crippen LogP contribution in [0.4, 0.5) is 4.79 Å². The van der Waals surface area contributed by atoms with E-state index in [0.29, 0.717) is 0 Å². The van der Waals surface area contributed by atoms with Crippen molar-refractivity contribution in [2.24, 2.45) is 11.7 Å². The van der Waals surface area contributed by atoms with Crippen molar-refractivity contribution in [1.82, 2.24) is 0 Å². The number of ether oxygens (including phenoxy) is 11. The molecule has 51 heavy (non-hydrogen) atoms. The van der Waals surface area contributed by atoms with Crippen molar-refractivity contribution in [1.29, 1.82) is 0 Å². The SMILES string of the molecule is CC(=O)OC[C@@H]1O[C@H](OCCOCc2ccccc2)[C@@H](O[C@H]2O[C@H](COC(C)=O)[C@@H](OC(C)=O)[C@H](OC(N)=O)[C@@H]2OC(C)=O)[C@@H](OC(C)=O)[C@@H]1C. The molecule has 18 nitrogen and oxygen atoms in total. The third-order valence-electron chi connectivity index (χ3n) is 7.57. The van der Waals surface area contributed by atoms with E-state index in [1.54, 1.807) is 6.92 Å². The number of amides is 1. The Kier molecular flexibility index (Phi) is 16.0. The van der Waals surface area contributed by atoms with Crippen LogP contribution in [0, 0.1) is 5.92 Å². The summed E-state index contributed by atoms with van der Waals surface area (Å²) in [5, 5.41) is 0. The molecule has 2 fully saturated rings. The third kappa shape index (κ3) is 13.0. The van der Waals surface area contributed by atoms with Crippen LogP contribution >= 0.6 is 0 Å². The Morgan fingerprint density at radius 1 is 0.627 bits per heavy atom. The summed E-state index contributed by atoms with van der Waals surface area (Å²) in [5.41, 5.74) is 6.27. The van der Waals surface area contributed by atoms with Gasteiger partial charge in [0.2, 0.25) is 0 Å². The van der Waals surface area contributed by atoms with E-state index in [4.69, 9.17) is 57.8 Å². The van der Waals surface area contributed by atoms with Crippen molar-refractivity contribution in [2.75, 3.05) is 26.4 Å². The third-order valence-corrected chi connectivity index (χ3v) is 7.57. The van der Waals surface area contributed by atoms with Crippen LogP contribution in [0.25, 0.3) is 0 Å². The average Bonchev–Trinajstić information content (AvgIpc) is 3.04. The van der Waals surface area contributed by atoms with E-state index >= 15 is 0 Å². The van der Waals surface area contributed by atoms with Gasteiger partial charge in [-0.3, -0.25) is 24.0 Å². The summed E-state index contributed by atoms with van der Waals surface area (Å²) >= 11 is 0. The summed E-state index contributed by atoms with van der Waals surface area (Å²) in [7, 11) is 0. The van der Waals surface area contributed by atoms with Crippen LogP contribution in [0.3, 0.4) is 0 Å². The smallest absolute Gasteiger partial charge is 0.405 e. The summed E-state index contributed by atoms with van der Waals surface area (Å²) in [6, 6.07) is 9.39. The zero-order valence-corrected chi connectivity index (χ0v) is 29.2. The van der Waals surface area contributed by atoms with Crippen LogP contribution in [0.15, 0.2) is 30.3 Å². The molecule has 2 saturated heterocycles. The molecule has 284 valence electrons. The lowest BCUT2D eigenvalue weighted by Gasteiger charge is -2.48. The van der Waals surface area contributed by atoms with E-state index in [-0.39, 0.29) is 26.4 Å². The van der Waals surface area contributed by atoms with Gasteiger partial charge in [0.15, 0.2) is 30.9 Å². The Balaban J connectivity index is 1.99. The van der Waals surface area contributed by atoms with E-state index in [2.05, 4.69) is 0 Å². The maximum absolute atomic E-state index is 12.4. The van der Waals surface area contributed by atoms with Gasteiger partial charge in [0, 0.05) is 40.5 Å². The van der Waals surface area contributed by atoms with Gasteiger partial charge < -0.3 is 57.8 Å². The number of carbonyl (C=O) groups is 6. The molecule has 2 aliphatic heterocycles. The molecule has 0 spiro atoms. The first-order chi connectivity index (χ1) is 24.2. The van der Waals surface area contributed by atoms with Crippen molar-refractivity contribution < 1.29 is 80.9 Å². The zero-order chi connectivity index (χ0) is 37.7. The Morgan fingerprint density at radius 3 is 1.75 bits per heavy atom. The van der Waals surface area contributed by atoms with Crippen LogP contribution in [0.1, 0.15) is 47.1 Å². The summed E-state index contributed by atoms with van der Waals surface area (Å²) < 4.78 is 62.5. The molecule has 3 rings (SSSR count). The number of primary amides is 1. The number of carbonyl (C=O) groups excluding carboxylic acids is 6. The highest BCUT2D eigenvalue weighted by Crippen LogP contribution is 2.36. The molecule has 2 aliphatic rings. The number of hydrogen-bond donors (Lipinski definition) is 1. The molecule has 1 aromatic rings. The Labute approximate surface area is 294 Å². The molecule has 1 amide bonds. The van der Waals surface area contributed by atoms with Crippen molar-refractivity contribution in [3.8, 4) is 0 Å². The van der Waals surface area contributed by atoms with Gasteiger partial charge in [0.05, 0.1) is 19.8 Å². The molecule has 2 heterocycles. The van der Waals surface area contributed by atoms with Gasteiger partial charge in [0.25, 0.3) is 0 Å². The second-order valence-corrected chi connectivity index (χ2v) is 11.7. The quantitative estimate of drug-likeness (QED) is 0.143. The molecule has 18 heteroatoms. The van der Waals surface area contributed by atoms with E-state index in [1.165, 1.54) is 13.8 Å². The predicted octanol–water partition coefficient (Wildman–Crippen LogP) is 1.08. The van der Waals surface area contributed by atoms with Crippen LogP contribution < -0.4 is 5.73 Å². The molecule has 0 unspecified atom stereocenters. The lowest BCUT2D eigenvalue weighted by atomic mass is 9.90. The Bertz CT molecular complexity index is 1340. The standard InChI is InChI=1S/C33H45NO17/c1-17-24(15-43-18(2)35)48-31(42-13-12-41-14-23-10-8-7-9-11-23)29(26(17)45-20(4)37)50-32-30(47-22(6)39)28(51-33(34)40)27(46-21(5)38)25(49-32)16-44-19(3)36/h7-11,17,24-32H,12-16H2,1-6H3,(H2,34,40)/t17-,24+,25-,26+,27-,28+,29+,30+,31+,32-/m1/s1. The first-order valence-electron chi connectivity index (χ1n) is 16.1. The van der Waals surface area contributed by atoms with Gasteiger partial charge in [-0.15, -0.1) is 0 Å². The fourth-order valence-electron chi connectivity index (χ4n) is 5.45. The largest absolute Gasteiger partial charge is 0.463 e. The maximum atomic E-state index is 12.4. The number of nitrogens with two attached hydrogens (primary N) is 1. The molecular formula is C33H45NO17. The van der Waals surface area contributed by atoms with Gasteiger partial charge in [-0.2, -0.15) is 0 Å². The minimum absolute atomic E-state index is 0.0608. The second-order valence-electron chi connectivity index (χ2n) is 11.7. The Hall–Kier alpha value is -4.36. The zero-order valence-electron chi connectivity index (χ0n) is 29.2. The maximum Gasteiger partial charge on any atom is 0.405 e. The predicted molar refractivity (Wildman–Crippen MR) is 168 cm³/mol. The van der Waals surface area contributed by atoms with Gasteiger partial charge >= 0.3 is 35.9 Å². The highest BCUT2D eigenvalue weighted by Gasteiger charge is 2.56. The first kappa shape index (κ1) is 41.1. The molecule has 0 radical (unpaired) electrons. The van der Waals surface area contributed by atoms with Crippen molar-refractivity contribution in [2.45, 2.75) is 103 Å². The van der Waals surface area contributed by atoms with Crippen LogP contribution in [-0.4, -0.2) is 118 Å². The van der Waals surface area contributed by atoms with Gasteiger partial charge in [-0.05, 0) is 5.56 Å². The van der Waals surface area contributed by atoms with Crippen molar-refractivity contribution in [3.63, 3.8) is 0 Å². The van der Waals surface area contributed by atoms with E-state index < -0.39 is 104 Å². The fraction of sp³-hybridized carbons (Fsp3) is 0.636. The van der Waals surface area contributed by atoms with Gasteiger partial charge in [-0.25, -0.2) is 4.79 Å². The summed E-state index contributed by atoms with van der Waals surface area (Å²) in [6.07, 6.45) is -14.0. The highest BCUT2D eigenvalue weighted by molar-refractivity contribution is 5.68. The Morgan fingerprint density at radius 2 is 1.18 bits per heavy atom. The van der Waals surface area contributed by atoms with E-state index in [0.717, 1.165) is 26.3 Å². The summed E-state index contributed by atoms with van der Waals surface area (Å²) in [5.74, 6) is -4.45. The number of rotatable bonds is 16. The topological polar surface area (TPSA) is 230 Å². The normalized spacial score (nSPS) is 28.8. The molecule has 0 bridgehead atoms. The number of benzene rings is 1. The van der Waals surface area contributed by atoms with Crippen LogP contribution in [0.2, 0.25) is 0 Å². The van der Waals surface area contributed by atoms with Crippen LogP contribution in [0.5, 0.6) is 0 Å². The van der Waals surface area contributed by atoms with Crippen molar-refractivity contribution >= 4 is 35.9 Å². The lowest BCUT2D eigenvalue weighted by molar-refractivity contribution is -0.363. The minimum Gasteiger partial charge on any atom is -0.463 e. The molecule has 1 aromatic carbocycles. The molecule has 2 N–H and O–H groups in total. The molecular weight excluding hydrogens is 682 g/mol. The van der Waals surface area contributed by atoms with Gasteiger partial charge in [-0.1, -0.05) is 37.3 Å². The lowest BCUT2D eigenvalue weighted by Crippen LogP contribution is -2.66. The monoisotopic (exact) mass is 727 g/mol. The molecule has 0 aliphatic carbocycles. The van der Waals surface area contributed by atoms with Crippen molar-refractivity contribution in [3.05, 3.63) is 35.9 Å². The van der Waals surface area contributed by atoms with E-state index in [1.807, 2.05) is 30.3 Å². The number of esters is 5. The first-order valence-corrected chi connectivity index (χ1v) is 16.1. The molecule has 10 atom stereocenters.